The number of halogens is 1. The Morgan fingerprint density at radius 2 is 1.84 bits per heavy atom. The number of amides is 2. The number of aromatic nitrogens is 1. The van der Waals surface area contributed by atoms with E-state index in [-0.39, 0.29) is 23.7 Å². The highest BCUT2D eigenvalue weighted by atomic mass is 35.5. The fourth-order valence-corrected chi connectivity index (χ4v) is 11.6. The summed E-state index contributed by atoms with van der Waals surface area (Å²) in [5, 5.41) is 0.783. The number of nitrogens with zero attached hydrogens (tertiary/aromatic N) is 4. The van der Waals surface area contributed by atoms with E-state index in [1.807, 2.05) is 6.20 Å². The fraction of sp³-hybridized carbons (Fsp3) is 0.571. The van der Waals surface area contributed by atoms with Gasteiger partial charge in [0.1, 0.15) is 0 Å². The molecule has 0 unspecified atom stereocenters. The number of pyridine rings is 1. The number of likely N-dealkylation sites (tertiary alicyclic amines) is 2. The molecule has 9 rings (SSSR count). The summed E-state index contributed by atoms with van der Waals surface area (Å²) >= 11 is 8.54. The molecular formula is C35H39ClN4O2S. The molecule has 224 valence electrons. The highest BCUT2D eigenvalue weighted by Crippen LogP contribution is 2.56. The maximum absolute atomic E-state index is 13.5. The molecular weight excluding hydrogens is 576 g/mol. The average Bonchev–Trinajstić information content (AvgIpc) is 3.78. The molecule has 2 saturated heterocycles. The van der Waals surface area contributed by atoms with Crippen LogP contribution in [0.3, 0.4) is 0 Å². The van der Waals surface area contributed by atoms with Crippen LogP contribution in [0.5, 0.6) is 0 Å². The van der Waals surface area contributed by atoms with Crippen molar-refractivity contribution in [2.24, 2.45) is 23.7 Å². The fourth-order valence-electron chi connectivity index (χ4n) is 10.2. The van der Waals surface area contributed by atoms with E-state index in [9.17, 15) is 9.59 Å². The second kappa shape index (κ2) is 9.51. The van der Waals surface area contributed by atoms with Gasteiger partial charge in [-0.3, -0.25) is 24.4 Å². The summed E-state index contributed by atoms with van der Waals surface area (Å²) < 4.78 is 1.13. The molecule has 1 spiro atoms. The van der Waals surface area contributed by atoms with Crippen LogP contribution in [0.15, 0.2) is 24.4 Å². The predicted octanol–water partition coefficient (Wildman–Crippen LogP) is 6.84. The first-order valence-corrected chi connectivity index (χ1v) is 17.5. The van der Waals surface area contributed by atoms with Crippen molar-refractivity contribution in [1.82, 2.24) is 14.8 Å². The molecule has 5 heterocycles. The summed E-state index contributed by atoms with van der Waals surface area (Å²) in [6, 6.07) is 6.96. The highest BCUT2D eigenvalue weighted by molar-refractivity contribution is 7.19. The Kier molecular flexibility index (Phi) is 5.95. The highest BCUT2D eigenvalue weighted by Gasteiger charge is 2.60. The van der Waals surface area contributed by atoms with Crippen LogP contribution in [0.25, 0.3) is 21.3 Å². The van der Waals surface area contributed by atoms with Crippen LogP contribution < -0.4 is 4.90 Å². The molecule has 5 atom stereocenters. The quantitative estimate of drug-likeness (QED) is 0.301. The van der Waals surface area contributed by atoms with Gasteiger partial charge >= 0.3 is 0 Å². The molecule has 6 aliphatic rings. The molecule has 0 radical (unpaired) electrons. The van der Waals surface area contributed by atoms with Gasteiger partial charge in [0.15, 0.2) is 0 Å². The van der Waals surface area contributed by atoms with E-state index in [1.165, 1.54) is 48.1 Å². The summed E-state index contributed by atoms with van der Waals surface area (Å²) in [5.74, 6) is 0.795. The zero-order chi connectivity index (χ0) is 29.2. The van der Waals surface area contributed by atoms with Gasteiger partial charge in [0.2, 0.25) is 11.8 Å². The molecule has 6 nitrogen and oxygen atoms in total. The standard InChI is InChI=1S/C35H39ClN4O2S/c1-19-16-37-27-14-25(18-40-33(41)29-20-6-7-21(11-20)30(29)34(40)42)43-32(27)28(19)26-13-23(36)12-22-5-3-10-39(31(22)26)24-15-35(8-4-9-35)38(2)17-24/h12-14,16,20-21,24,29-30H,3-11,15,17-18H2,1-2H3/t20-,21+,24-,29+,30-/m0/s1. The molecule has 2 amide bonds. The van der Waals surface area contributed by atoms with Crippen molar-refractivity contribution in [2.75, 3.05) is 25.0 Å². The van der Waals surface area contributed by atoms with Gasteiger partial charge in [0.25, 0.3) is 0 Å². The Morgan fingerprint density at radius 1 is 1.07 bits per heavy atom. The minimum absolute atomic E-state index is 0.0642. The minimum Gasteiger partial charge on any atom is -0.366 e. The van der Waals surface area contributed by atoms with Gasteiger partial charge in [0, 0.05) is 57.6 Å². The SMILES string of the molecule is Cc1cnc2cc(CN3C(=O)[C@@H]4[C@H]5CC[C@H](C5)[C@@H]4C3=O)sc2c1-c1cc(Cl)cc2c1N([C@@H]1CN(C)C3(CCC3)C1)CCC2. The molecule has 0 N–H and O–H groups in total. The monoisotopic (exact) mass is 614 g/mol. The van der Waals surface area contributed by atoms with Gasteiger partial charge in [-0.2, -0.15) is 0 Å². The molecule has 43 heavy (non-hydrogen) atoms. The van der Waals surface area contributed by atoms with E-state index in [4.69, 9.17) is 16.6 Å². The predicted molar refractivity (Wildman–Crippen MR) is 171 cm³/mol. The first-order valence-electron chi connectivity index (χ1n) is 16.4. The van der Waals surface area contributed by atoms with E-state index in [1.54, 1.807) is 16.2 Å². The zero-order valence-corrected chi connectivity index (χ0v) is 26.6. The van der Waals surface area contributed by atoms with Crippen molar-refractivity contribution in [3.63, 3.8) is 0 Å². The van der Waals surface area contributed by atoms with Crippen LogP contribution in [-0.2, 0) is 22.6 Å². The van der Waals surface area contributed by atoms with E-state index in [0.29, 0.717) is 30.0 Å². The molecule has 2 aromatic heterocycles. The van der Waals surface area contributed by atoms with Gasteiger partial charge in [-0.05, 0) is 113 Å². The van der Waals surface area contributed by atoms with E-state index in [2.05, 4.69) is 42.0 Å². The Morgan fingerprint density at radius 3 is 2.53 bits per heavy atom. The number of likely N-dealkylation sites (N-methyl/N-ethyl adjacent to an activating group) is 1. The smallest absolute Gasteiger partial charge is 0.233 e. The molecule has 3 aromatic rings. The summed E-state index contributed by atoms with van der Waals surface area (Å²) in [5.41, 5.74) is 7.56. The number of aryl methyl sites for hydroxylation is 2. The number of carbonyl (C=O) groups is 2. The van der Waals surface area contributed by atoms with Crippen LogP contribution in [0.2, 0.25) is 5.02 Å². The normalized spacial score (nSPS) is 31.0. The van der Waals surface area contributed by atoms with Crippen molar-refractivity contribution in [2.45, 2.75) is 82.8 Å². The van der Waals surface area contributed by atoms with Crippen molar-refractivity contribution < 1.29 is 9.59 Å². The number of hydrogen-bond acceptors (Lipinski definition) is 6. The van der Waals surface area contributed by atoms with Gasteiger partial charge in [-0.15, -0.1) is 11.3 Å². The first-order chi connectivity index (χ1) is 20.8. The molecule has 1 aromatic carbocycles. The van der Waals surface area contributed by atoms with Crippen LogP contribution in [0.1, 0.15) is 67.4 Å². The van der Waals surface area contributed by atoms with Gasteiger partial charge in [-0.25, -0.2) is 0 Å². The molecule has 5 fully saturated rings. The van der Waals surface area contributed by atoms with Crippen LogP contribution in [0.4, 0.5) is 5.69 Å². The number of imide groups is 1. The van der Waals surface area contributed by atoms with Gasteiger partial charge in [0.05, 0.1) is 28.6 Å². The summed E-state index contributed by atoms with van der Waals surface area (Å²) in [4.78, 5) is 39.7. The molecule has 2 bridgehead atoms. The van der Waals surface area contributed by atoms with Crippen LogP contribution in [0, 0.1) is 30.6 Å². The number of thiophene rings is 1. The molecule has 8 heteroatoms. The number of anilines is 1. The topological polar surface area (TPSA) is 56.8 Å². The minimum atomic E-state index is -0.0748. The molecule has 3 aliphatic heterocycles. The summed E-state index contributed by atoms with van der Waals surface area (Å²) in [6.45, 7) is 4.69. The van der Waals surface area contributed by atoms with Crippen LogP contribution in [-0.4, -0.2) is 58.3 Å². The second-order valence-corrected chi connectivity index (χ2v) is 16.0. The van der Waals surface area contributed by atoms with Gasteiger partial charge in [-0.1, -0.05) is 11.6 Å². The lowest BCUT2D eigenvalue weighted by Crippen LogP contribution is -2.47. The lowest BCUT2D eigenvalue weighted by Gasteiger charge is -2.44. The Bertz CT molecular complexity index is 1670. The maximum Gasteiger partial charge on any atom is 0.233 e. The molecule has 3 aliphatic carbocycles. The second-order valence-electron chi connectivity index (χ2n) is 14.5. The van der Waals surface area contributed by atoms with E-state index < -0.39 is 0 Å². The van der Waals surface area contributed by atoms with Crippen LogP contribution >= 0.6 is 22.9 Å². The number of carbonyl (C=O) groups excluding carboxylic acids is 2. The van der Waals surface area contributed by atoms with Gasteiger partial charge < -0.3 is 4.90 Å². The van der Waals surface area contributed by atoms with E-state index in [0.717, 1.165) is 70.9 Å². The Labute approximate surface area is 262 Å². The maximum atomic E-state index is 13.5. The third kappa shape index (κ3) is 3.83. The number of rotatable bonds is 4. The number of benzene rings is 1. The van der Waals surface area contributed by atoms with Crippen molar-refractivity contribution in [3.05, 3.63) is 45.4 Å². The molecule has 3 saturated carbocycles. The van der Waals surface area contributed by atoms with E-state index >= 15 is 0 Å². The lowest BCUT2D eigenvalue weighted by molar-refractivity contribution is -0.141. The van der Waals surface area contributed by atoms with Crippen molar-refractivity contribution in [1.29, 1.82) is 0 Å². The Hall–Kier alpha value is -2.48. The third-order valence-corrected chi connectivity index (χ3v) is 13.6. The largest absolute Gasteiger partial charge is 0.366 e. The number of hydrogen-bond donors (Lipinski definition) is 0. The summed E-state index contributed by atoms with van der Waals surface area (Å²) in [7, 11) is 2.32. The Balaban J connectivity index is 1.11. The number of fused-ring (bicyclic) bond motifs is 7. The van der Waals surface area contributed by atoms with Crippen molar-refractivity contribution in [3.8, 4) is 11.1 Å². The van der Waals surface area contributed by atoms with Crippen molar-refractivity contribution >= 4 is 50.7 Å². The summed E-state index contributed by atoms with van der Waals surface area (Å²) in [6.07, 6.45) is 12.7. The lowest BCUT2D eigenvalue weighted by atomic mass is 9.74. The average molecular weight is 615 g/mol. The first kappa shape index (κ1) is 26.9. The zero-order valence-electron chi connectivity index (χ0n) is 25.1. The third-order valence-electron chi connectivity index (χ3n) is 12.3.